The van der Waals surface area contributed by atoms with Crippen molar-refractivity contribution < 1.29 is 4.79 Å². The number of rotatable bonds is 3. The predicted molar refractivity (Wildman–Crippen MR) is 72.5 cm³/mol. The summed E-state index contributed by atoms with van der Waals surface area (Å²) in [5.41, 5.74) is 7.35. The van der Waals surface area contributed by atoms with Crippen LogP contribution in [0.2, 0.25) is 0 Å². The van der Waals surface area contributed by atoms with E-state index < -0.39 is 0 Å². The zero-order valence-corrected chi connectivity index (χ0v) is 11.0. The summed E-state index contributed by atoms with van der Waals surface area (Å²) in [6, 6.07) is 3.82. The normalized spacial score (nSPS) is 10.3. The number of aryl methyl sites for hydroxylation is 1. The highest BCUT2D eigenvalue weighted by molar-refractivity contribution is 7.13. The number of hydrogen-bond donors (Lipinski definition) is 2. The maximum absolute atomic E-state index is 12.1. The lowest BCUT2D eigenvalue weighted by Crippen LogP contribution is -2.25. The third kappa shape index (κ3) is 2.33. The van der Waals surface area contributed by atoms with Gasteiger partial charge >= 0.3 is 0 Å². The van der Waals surface area contributed by atoms with Gasteiger partial charge in [-0.05, 0) is 25.3 Å². The van der Waals surface area contributed by atoms with Crippen LogP contribution in [0, 0.1) is 6.92 Å². The minimum Gasteiger partial charge on any atom is -0.368 e. The van der Waals surface area contributed by atoms with E-state index in [9.17, 15) is 4.79 Å². The average Bonchev–Trinajstić information content (AvgIpc) is 2.81. The lowest BCUT2D eigenvalue weighted by atomic mass is 10.1. The van der Waals surface area contributed by atoms with E-state index in [0.717, 1.165) is 4.88 Å². The van der Waals surface area contributed by atoms with E-state index in [1.54, 1.807) is 6.92 Å². The Labute approximate surface area is 109 Å². The molecule has 94 valence electrons. The van der Waals surface area contributed by atoms with Crippen molar-refractivity contribution in [2.45, 2.75) is 13.8 Å². The molecular weight excluding hydrogens is 248 g/mol. The Morgan fingerprint density at radius 2 is 2.28 bits per heavy atom. The van der Waals surface area contributed by atoms with Gasteiger partial charge in [-0.3, -0.25) is 4.79 Å². The molecule has 1 amide bonds. The Balaban J connectivity index is 2.59. The number of nitrogen functional groups attached to an aromatic ring is 1. The van der Waals surface area contributed by atoms with E-state index >= 15 is 0 Å². The van der Waals surface area contributed by atoms with Gasteiger partial charge in [0, 0.05) is 6.54 Å². The maximum atomic E-state index is 12.1. The number of hydrogen-bond acceptors (Lipinski definition) is 5. The first kappa shape index (κ1) is 12.5. The molecule has 2 rings (SSSR count). The van der Waals surface area contributed by atoms with Gasteiger partial charge in [0.1, 0.15) is 0 Å². The van der Waals surface area contributed by atoms with Crippen LogP contribution >= 0.6 is 11.3 Å². The third-order valence-corrected chi connectivity index (χ3v) is 3.30. The molecule has 0 unspecified atom stereocenters. The molecule has 0 saturated heterocycles. The molecule has 0 bridgehead atoms. The van der Waals surface area contributed by atoms with E-state index in [1.165, 1.54) is 11.3 Å². The summed E-state index contributed by atoms with van der Waals surface area (Å²) < 4.78 is 0. The highest BCUT2D eigenvalue weighted by Crippen LogP contribution is 2.28. The number of carbonyl (C=O) groups excluding carboxylic acids is 1. The smallest absolute Gasteiger partial charge is 0.255 e. The van der Waals surface area contributed by atoms with Crippen LogP contribution in [-0.2, 0) is 0 Å². The summed E-state index contributed by atoms with van der Waals surface area (Å²) in [5.74, 6) is 0.0161. The van der Waals surface area contributed by atoms with Crippen molar-refractivity contribution in [1.82, 2.24) is 15.3 Å². The minimum absolute atomic E-state index is 0.168. The largest absolute Gasteiger partial charge is 0.368 e. The summed E-state index contributed by atoms with van der Waals surface area (Å²) >= 11 is 1.52. The number of nitrogens with zero attached hydrogens (tertiary/aromatic N) is 2. The summed E-state index contributed by atoms with van der Waals surface area (Å²) in [6.07, 6.45) is 0. The number of thiophene rings is 1. The molecule has 0 fully saturated rings. The van der Waals surface area contributed by atoms with Crippen LogP contribution in [0.15, 0.2) is 17.5 Å². The van der Waals surface area contributed by atoms with Crippen LogP contribution in [0.1, 0.15) is 23.0 Å². The lowest BCUT2D eigenvalue weighted by molar-refractivity contribution is 0.0955. The van der Waals surface area contributed by atoms with Crippen molar-refractivity contribution in [3.63, 3.8) is 0 Å². The van der Waals surface area contributed by atoms with Gasteiger partial charge < -0.3 is 11.1 Å². The second-order valence-corrected chi connectivity index (χ2v) is 4.68. The Hall–Kier alpha value is -1.95. The number of nitrogens with two attached hydrogens (primary N) is 1. The van der Waals surface area contributed by atoms with Crippen LogP contribution < -0.4 is 11.1 Å². The summed E-state index contributed by atoms with van der Waals surface area (Å²) in [6.45, 7) is 4.20. The Morgan fingerprint density at radius 3 is 2.89 bits per heavy atom. The Bertz CT molecular complexity index is 566. The number of amides is 1. The van der Waals surface area contributed by atoms with E-state index in [2.05, 4.69) is 15.3 Å². The summed E-state index contributed by atoms with van der Waals surface area (Å²) in [4.78, 5) is 21.2. The van der Waals surface area contributed by atoms with Crippen LogP contribution in [0.25, 0.3) is 10.6 Å². The monoisotopic (exact) mass is 262 g/mol. The van der Waals surface area contributed by atoms with Gasteiger partial charge in [-0.2, -0.15) is 0 Å². The van der Waals surface area contributed by atoms with Crippen LogP contribution in [-0.4, -0.2) is 22.4 Å². The van der Waals surface area contributed by atoms with Gasteiger partial charge in [0.05, 0.1) is 21.8 Å². The highest BCUT2D eigenvalue weighted by atomic mass is 32.1. The Kier molecular flexibility index (Phi) is 3.57. The first-order chi connectivity index (χ1) is 8.63. The predicted octanol–water partition coefficient (Wildman–Crippen LogP) is 1.85. The minimum atomic E-state index is -0.168. The lowest BCUT2D eigenvalue weighted by Gasteiger charge is -2.10. The van der Waals surface area contributed by atoms with Crippen molar-refractivity contribution >= 4 is 23.2 Å². The first-order valence-electron chi connectivity index (χ1n) is 5.59. The second kappa shape index (κ2) is 5.14. The highest BCUT2D eigenvalue weighted by Gasteiger charge is 2.19. The molecule has 0 atom stereocenters. The average molecular weight is 262 g/mol. The van der Waals surface area contributed by atoms with E-state index in [4.69, 9.17) is 5.73 Å². The fraction of sp³-hybridized carbons (Fsp3) is 0.250. The molecule has 0 aromatic carbocycles. The van der Waals surface area contributed by atoms with Crippen molar-refractivity contribution in [3.05, 3.63) is 28.8 Å². The van der Waals surface area contributed by atoms with Crippen molar-refractivity contribution in [3.8, 4) is 10.6 Å². The Morgan fingerprint density at radius 1 is 1.50 bits per heavy atom. The number of anilines is 1. The van der Waals surface area contributed by atoms with Crippen LogP contribution in [0.3, 0.4) is 0 Å². The molecule has 0 radical (unpaired) electrons. The molecule has 5 nitrogen and oxygen atoms in total. The molecule has 6 heteroatoms. The standard InChI is InChI=1S/C12H14N4OS/c1-3-14-11(17)9-7(2)15-12(13)16-10(9)8-5-4-6-18-8/h4-6H,3H2,1-2H3,(H,14,17)(H2,13,15,16). The molecular formula is C12H14N4OS. The molecule has 2 aromatic heterocycles. The van der Waals surface area contributed by atoms with Gasteiger partial charge in [0.15, 0.2) is 0 Å². The molecule has 3 N–H and O–H groups in total. The molecule has 18 heavy (non-hydrogen) atoms. The van der Waals surface area contributed by atoms with Crippen LogP contribution in [0.4, 0.5) is 5.95 Å². The zero-order chi connectivity index (χ0) is 13.1. The van der Waals surface area contributed by atoms with Gasteiger partial charge in [0.25, 0.3) is 5.91 Å². The van der Waals surface area contributed by atoms with Gasteiger partial charge in [-0.25, -0.2) is 9.97 Å². The summed E-state index contributed by atoms with van der Waals surface area (Å²) in [5, 5.41) is 4.70. The fourth-order valence-electron chi connectivity index (χ4n) is 1.71. The molecule has 0 saturated carbocycles. The number of aromatic nitrogens is 2. The zero-order valence-electron chi connectivity index (χ0n) is 10.2. The van der Waals surface area contributed by atoms with Gasteiger partial charge in [-0.1, -0.05) is 6.07 Å². The van der Waals surface area contributed by atoms with Crippen LogP contribution in [0.5, 0.6) is 0 Å². The van der Waals surface area contributed by atoms with Crippen molar-refractivity contribution in [2.75, 3.05) is 12.3 Å². The third-order valence-electron chi connectivity index (χ3n) is 2.43. The summed E-state index contributed by atoms with van der Waals surface area (Å²) in [7, 11) is 0. The van der Waals surface area contributed by atoms with Gasteiger partial charge in [0.2, 0.25) is 5.95 Å². The molecule has 0 aliphatic carbocycles. The van der Waals surface area contributed by atoms with Crippen molar-refractivity contribution in [2.24, 2.45) is 0 Å². The molecule has 0 spiro atoms. The number of carbonyl (C=O) groups is 1. The molecule has 2 heterocycles. The van der Waals surface area contributed by atoms with E-state index in [0.29, 0.717) is 23.5 Å². The first-order valence-corrected chi connectivity index (χ1v) is 6.47. The SMILES string of the molecule is CCNC(=O)c1c(C)nc(N)nc1-c1cccs1. The van der Waals surface area contributed by atoms with Gasteiger partial charge in [-0.15, -0.1) is 11.3 Å². The quantitative estimate of drug-likeness (QED) is 0.884. The molecule has 0 aliphatic heterocycles. The maximum Gasteiger partial charge on any atom is 0.255 e. The van der Waals surface area contributed by atoms with E-state index in [-0.39, 0.29) is 11.9 Å². The topological polar surface area (TPSA) is 80.9 Å². The molecule has 0 aliphatic rings. The van der Waals surface area contributed by atoms with E-state index in [1.807, 2.05) is 24.4 Å². The van der Waals surface area contributed by atoms with Crippen molar-refractivity contribution in [1.29, 1.82) is 0 Å². The molecule has 2 aromatic rings. The fourth-order valence-corrected chi connectivity index (χ4v) is 2.43. The second-order valence-electron chi connectivity index (χ2n) is 3.73. The number of nitrogens with one attached hydrogen (secondary N) is 1.